The van der Waals surface area contributed by atoms with Crippen LogP contribution < -0.4 is 15.8 Å². The van der Waals surface area contributed by atoms with Gasteiger partial charge >= 0.3 is 0 Å². The number of hydrogen-bond donors (Lipinski definition) is 2. The number of aryl methyl sites for hydroxylation is 1. The summed E-state index contributed by atoms with van der Waals surface area (Å²) in [5.74, 6) is 2.67. The number of pyridine rings is 1. The van der Waals surface area contributed by atoms with Crippen LogP contribution in [0.5, 0.6) is 11.5 Å². The second kappa shape index (κ2) is 11.5. The van der Waals surface area contributed by atoms with Crippen molar-refractivity contribution >= 4 is 23.1 Å². The van der Waals surface area contributed by atoms with Crippen molar-refractivity contribution in [2.45, 2.75) is 53.9 Å². The van der Waals surface area contributed by atoms with E-state index in [1.165, 1.54) is 0 Å². The van der Waals surface area contributed by atoms with Crippen LogP contribution in [0, 0.1) is 12.3 Å². The molecular formula is C31H36N6O2. The molecule has 202 valence electrons. The van der Waals surface area contributed by atoms with E-state index in [0.29, 0.717) is 23.0 Å². The highest BCUT2D eigenvalue weighted by Gasteiger charge is 2.16. The van der Waals surface area contributed by atoms with E-state index in [2.05, 4.69) is 34.4 Å². The minimum absolute atomic E-state index is 0.181. The zero-order valence-electron chi connectivity index (χ0n) is 23.4. The molecule has 0 atom stereocenters. The van der Waals surface area contributed by atoms with Gasteiger partial charge in [-0.3, -0.25) is 9.20 Å². The quantitative estimate of drug-likeness (QED) is 0.220. The average molecular weight is 525 g/mol. The Kier molecular flexibility index (Phi) is 8.14. The van der Waals surface area contributed by atoms with E-state index in [1.54, 1.807) is 6.08 Å². The number of carbonyl (C=O) groups is 1. The zero-order chi connectivity index (χ0) is 28.2. The van der Waals surface area contributed by atoms with Crippen LogP contribution in [0.15, 0.2) is 83.6 Å². The molecule has 0 fully saturated rings. The minimum Gasteiger partial charge on any atom is -0.456 e. The zero-order valence-corrected chi connectivity index (χ0v) is 23.4. The summed E-state index contributed by atoms with van der Waals surface area (Å²) in [5.41, 5.74) is 10.1. The van der Waals surface area contributed by atoms with Crippen molar-refractivity contribution < 1.29 is 9.53 Å². The number of fused-ring (bicyclic) bond motifs is 1. The van der Waals surface area contributed by atoms with Crippen LogP contribution in [0.1, 0.15) is 57.5 Å². The third kappa shape index (κ3) is 7.31. The first-order valence-electron chi connectivity index (χ1n) is 13.0. The SMILES string of the molecule is Cc1ccc(N=C(C=C(N)C(C)(C)C)NC(=O)Cc2ccc(Oc3ccc4nnc(C(C)C)n4c3)cc2)cc1. The van der Waals surface area contributed by atoms with Gasteiger partial charge in [0, 0.05) is 23.1 Å². The summed E-state index contributed by atoms with van der Waals surface area (Å²) < 4.78 is 7.99. The Hall–Kier alpha value is -4.46. The van der Waals surface area contributed by atoms with Gasteiger partial charge in [-0.15, -0.1) is 10.2 Å². The van der Waals surface area contributed by atoms with Gasteiger partial charge in [0.2, 0.25) is 5.91 Å². The number of aromatic nitrogens is 3. The van der Waals surface area contributed by atoms with Gasteiger partial charge in [0.1, 0.15) is 23.2 Å². The van der Waals surface area contributed by atoms with Crippen LogP contribution in [0.3, 0.4) is 0 Å². The number of nitrogens with one attached hydrogen (secondary N) is 1. The van der Waals surface area contributed by atoms with E-state index >= 15 is 0 Å². The monoisotopic (exact) mass is 524 g/mol. The molecule has 0 spiro atoms. The van der Waals surface area contributed by atoms with Crippen LogP contribution >= 0.6 is 0 Å². The standard InChI is InChI=1S/C31H36N6O2/c1-20(2)30-36-35-28-16-15-25(19-37(28)30)39-24-13-9-22(10-14-24)17-29(38)34-27(18-26(32)31(4,5)6)33-23-11-7-21(3)8-12-23/h7-16,18-20H,17,32H2,1-6H3,(H,33,34,38). The first-order valence-corrected chi connectivity index (χ1v) is 13.0. The first-order chi connectivity index (χ1) is 18.5. The number of aliphatic imine (C=N–C) groups is 1. The molecule has 0 aliphatic carbocycles. The molecule has 0 saturated carbocycles. The highest BCUT2D eigenvalue weighted by atomic mass is 16.5. The Balaban J connectivity index is 1.45. The van der Waals surface area contributed by atoms with Gasteiger partial charge in [-0.25, -0.2) is 4.99 Å². The topological polar surface area (TPSA) is 107 Å². The average Bonchev–Trinajstić information content (AvgIpc) is 3.29. The number of rotatable bonds is 7. The number of carbonyl (C=O) groups excluding carboxylic acids is 1. The second-order valence-corrected chi connectivity index (χ2v) is 11.0. The molecule has 4 aromatic rings. The molecular weight excluding hydrogens is 488 g/mol. The van der Waals surface area contributed by atoms with Crippen molar-refractivity contribution in [1.82, 2.24) is 19.9 Å². The molecule has 0 aliphatic heterocycles. The van der Waals surface area contributed by atoms with Gasteiger partial charge < -0.3 is 15.8 Å². The molecule has 3 N–H and O–H groups in total. The summed E-state index contributed by atoms with van der Waals surface area (Å²) in [6, 6.07) is 19.0. The second-order valence-electron chi connectivity index (χ2n) is 11.0. The Morgan fingerprint density at radius 2 is 1.69 bits per heavy atom. The van der Waals surface area contributed by atoms with Crippen molar-refractivity contribution in [1.29, 1.82) is 0 Å². The van der Waals surface area contributed by atoms with Crippen molar-refractivity contribution in [3.8, 4) is 11.5 Å². The van der Waals surface area contributed by atoms with E-state index in [1.807, 2.05) is 99.0 Å². The van der Waals surface area contributed by atoms with E-state index in [-0.39, 0.29) is 23.7 Å². The first kappa shape index (κ1) is 27.6. The minimum atomic E-state index is -0.260. The number of nitrogens with zero attached hydrogens (tertiary/aromatic N) is 4. The van der Waals surface area contributed by atoms with Crippen LogP contribution in [0.4, 0.5) is 5.69 Å². The Bertz CT molecular complexity index is 1510. The van der Waals surface area contributed by atoms with Crippen molar-refractivity contribution in [3.63, 3.8) is 0 Å². The Morgan fingerprint density at radius 1 is 1.03 bits per heavy atom. The van der Waals surface area contributed by atoms with Gasteiger partial charge in [-0.2, -0.15) is 0 Å². The molecule has 0 unspecified atom stereocenters. The smallest absolute Gasteiger partial charge is 0.229 e. The lowest BCUT2D eigenvalue weighted by molar-refractivity contribution is -0.119. The maximum Gasteiger partial charge on any atom is 0.229 e. The number of amides is 1. The lowest BCUT2D eigenvalue weighted by Crippen LogP contribution is -2.32. The van der Waals surface area contributed by atoms with Gasteiger partial charge in [0.05, 0.1) is 18.3 Å². The number of amidine groups is 1. The maximum absolute atomic E-state index is 13.0. The molecule has 4 rings (SSSR count). The van der Waals surface area contributed by atoms with Crippen LogP contribution in [-0.4, -0.2) is 26.3 Å². The Labute approximate surface area is 229 Å². The summed E-state index contributed by atoms with van der Waals surface area (Å²) in [4.78, 5) is 17.6. The predicted molar refractivity (Wildman–Crippen MR) is 155 cm³/mol. The molecule has 0 bridgehead atoms. The van der Waals surface area contributed by atoms with Crippen molar-refractivity contribution in [2.75, 3.05) is 0 Å². The van der Waals surface area contributed by atoms with E-state index < -0.39 is 0 Å². The highest BCUT2D eigenvalue weighted by Crippen LogP contribution is 2.24. The lowest BCUT2D eigenvalue weighted by atomic mass is 9.92. The van der Waals surface area contributed by atoms with E-state index in [9.17, 15) is 4.79 Å². The fourth-order valence-corrected chi connectivity index (χ4v) is 3.75. The normalized spacial score (nSPS) is 12.7. The van der Waals surface area contributed by atoms with Crippen LogP contribution in [0.2, 0.25) is 0 Å². The van der Waals surface area contributed by atoms with Crippen molar-refractivity contribution in [2.24, 2.45) is 16.1 Å². The Morgan fingerprint density at radius 3 is 2.33 bits per heavy atom. The fourth-order valence-electron chi connectivity index (χ4n) is 3.75. The third-order valence-corrected chi connectivity index (χ3v) is 6.15. The summed E-state index contributed by atoms with van der Waals surface area (Å²) in [6.07, 6.45) is 3.80. The molecule has 8 nitrogen and oxygen atoms in total. The number of hydrogen-bond acceptors (Lipinski definition) is 6. The summed E-state index contributed by atoms with van der Waals surface area (Å²) in [7, 11) is 0. The molecule has 0 radical (unpaired) electrons. The molecule has 2 aromatic carbocycles. The van der Waals surface area contributed by atoms with Crippen LogP contribution in [-0.2, 0) is 11.2 Å². The van der Waals surface area contributed by atoms with Gasteiger partial charge in [-0.1, -0.05) is 64.4 Å². The summed E-state index contributed by atoms with van der Waals surface area (Å²) in [5, 5.41) is 11.4. The molecule has 8 heteroatoms. The van der Waals surface area contributed by atoms with Crippen LogP contribution in [0.25, 0.3) is 5.65 Å². The summed E-state index contributed by atoms with van der Waals surface area (Å²) >= 11 is 0. The number of ether oxygens (including phenoxy) is 1. The molecule has 2 heterocycles. The highest BCUT2D eigenvalue weighted by molar-refractivity contribution is 6.06. The fraction of sp³-hybridized carbons (Fsp3) is 0.290. The molecule has 0 saturated heterocycles. The molecule has 2 aromatic heterocycles. The molecule has 39 heavy (non-hydrogen) atoms. The molecule has 1 amide bonds. The summed E-state index contributed by atoms with van der Waals surface area (Å²) in [6.45, 7) is 12.2. The maximum atomic E-state index is 13.0. The van der Waals surface area contributed by atoms with Gasteiger partial charge in [0.15, 0.2) is 5.65 Å². The van der Waals surface area contributed by atoms with Crippen molar-refractivity contribution in [3.05, 3.63) is 95.6 Å². The molecule has 0 aliphatic rings. The number of nitrogens with two attached hydrogens (primary N) is 1. The number of allylic oxidation sites excluding steroid dienone is 1. The number of benzene rings is 2. The van der Waals surface area contributed by atoms with E-state index in [4.69, 9.17) is 10.5 Å². The lowest BCUT2D eigenvalue weighted by Gasteiger charge is -2.19. The largest absolute Gasteiger partial charge is 0.456 e. The van der Waals surface area contributed by atoms with E-state index in [0.717, 1.165) is 28.3 Å². The van der Waals surface area contributed by atoms with Gasteiger partial charge in [0.25, 0.3) is 0 Å². The third-order valence-electron chi connectivity index (χ3n) is 6.15. The predicted octanol–water partition coefficient (Wildman–Crippen LogP) is 6.23. The van der Waals surface area contributed by atoms with Gasteiger partial charge in [-0.05, 0) is 48.9 Å².